The van der Waals surface area contributed by atoms with E-state index in [2.05, 4.69) is 5.32 Å². The molecule has 3 rings (SSSR count). The number of nitrogens with two attached hydrogens (primary N) is 1. The first-order valence-electron chi connectivity index (χ1n) is 8.78. The Kier molecular flexibility index (Phi) is 6.52. The highest BCUT2D eigenvalue weighted by atomic mass is 32.2. The topological polar surface area (TPSA) is 139 Å². The van der Waals surface area contributed by atoms with Gasteiger partial charge in [0.05, 0.1) is 19.2 Å². The van der Waals surface area contributed by atoms with Crippen LogP contribution in [0.15, 0.2) is 46.7 Å². The van der Waals surface area contributed by atoms with Crippen LogP contribution in [0, 0.1) is 0 Å². The molecular formula is C18H21N3O6S2. The van der Waals surface area contributed by atoms with Crippen LogP contribution in [0.3, 0.4) is 0 Å². The fourth-order valence-electron chi connectivity index (χ4n) is 2.96. The molecule has 1 aromatic carbocycles. The minimum absolute atomic E-state index is 0.000275. The van der Waals surface area contributed by atoms with Crippen molar-refractivity contribution < 1.29 is 27.9 Å². The average Bonchev–Trinajstić information content (AvgIpc) is 3.31. The molecule has 0 aliphatic carbocycles. The molecule has 29 heavy (non-hydrogen) atoms. The molecule has 0 spiro atoms. The van der Waals surface area contributed by atoms with Crippen LogP contribution >= 0.6 is 11.3 Å². The van der Waals surface area contributed by atoms with Gasteiger partial charge in [0.2, 0.25) is 15.9 Å². The highest BCUT2D eigenvalue weighted by Crippen LogP contribution is 2.22. The minimum atomic E-state index is -3.79. The molecule has 0 unspecified atom stereocenters. The van der Waals surface area contributed by atoms with Gasteiger partial charge in [0.25, 0.3) is 0 Å². The summed E-state index contributed by atoms with van der Waals surface area (Å²) in [6, 6.07) is 11.2. The van der Waals surface area contributed by atoms with Crippen molar-refractivity contribution >= 4 is 33.4 Å². The number of β-amino-alcohol motifs (C(OH)–C–C–N with tert-alkyl or cyclic N) is 1. The Morgan fingerprint density at radius 1 is 1.24 bits per heavy atom. The van der Waals surface area contributed by atoms with Gasteiger partial charge in [-0.25, -0.2) is 18.4 Å². The summed E-state index contributed by atoms with van der Waals surface area (Å²) in [6.45, 7) is 0.144. The van der Waals surface area contributed by atoms with Crippen LogP contribution in [0.4, 0.5) is 4.79 Å². The molecule has 11 heteroatoms. The Bertz CT molecular complexity index is 976. The van der Waals surface area contributed by atoms with Crippen molar-refractivity contribution in [3.63, 3.8) is 0 Å². The summed E-state index contributed by atoms with van der Waals surface area (Å²) < 4.78 is 27.9. The van der Waals surface area contributed by atoms with E-state index < -0.39 is 34.2 Å². The lowest BCUT2D eigenvalue weighted by molar-refractivity contribution is -0.125. The van der Waals surface area contributed by atoms with E-state index in [9.17, 15) is 23.1 Å². The summed E-state index contributed by atoms with van der Waals surface area (Å²) >= 11 is 0.955. The first-order valence-corrected chi connectivity index (χ1v) is 11.1. The number of aliphatic hydroxyl groups is 1. The van der Waals surface area contributed by atoms with Crippen LogP contribution in [0.25, 0.3) is 0 Å². The zero-order valence-electron chi connectivity index (χ0n) is 15.4. The summed E-state index contributed by atoms with van der Waals surface area (Å²) in [5.41, 5.74) is 0.810. The zero-order valence-corrected chi connectivity index (χ0v) is 17.0. The fraction of sp³-hybridized carbons (Fsp3) is 0.333. The summed E-state index contributed by atoms with van der Waals surface area (Å²) in [5, 5.41) is 17.7. The second-order valence-electron chi connectivity index (χ2n) is 6.58. The Balaban J connectivity index is 1.57. The minimum Gasteiger partial charge on any atom is -0.445 e. The highest BCUT2D eigenvalue weighted by Gasteiger charge is 2.39. The molecule has 0 saturated carbocycles. The van der Waals surface area contributed by atoms with E-state index in [0.717, 1.165) is 16.9 Å². The number of sulfonamides is 1. The number of carbonyl (C=O) groups is 2. The third-order valence-corrected chi connectivity index (χ3v) is 6.90. The second-order valence-corrected chi connectivity index (χ2v) is 9.54. The van der Waals surface area contributed by atoms with Crippen molar-refractivity contribution in [2.75, 3.05) is 6.54 Å². The fourth-order valence-corrected chi connectivity index (χ4v) is 4.68. The molecule has 0 bridgehead atoms. The maximum absolute atomic E-state index is 12.5. The monoisotopic (exact) mass is 439 g/mol. The normalized spacial score (nSPS) is 19.2. The van der Waals surface area contributed by atoms with E-state index in [1.54, 1.807) is 6.07 Å². The van der Waals surface area contributed by atoms with E-state index in [4.69, 9.17) is 9.88 Å². The maximum atomic E-state index is 12.5. The zero-order chi connectivity index (χ0) is 21.0. The average molecular weight is 440 g/mol. The lowest BCUT2D eigenvalue weighted by Crippen LogP contribution is -2.45. The van der Waals surface area contributed by atoms with Gasteiger partial charge in [-0.2, -0.15) is 0 Å². The molecule has 2 aromatic rings. The van der Waals surface area contributed by atoms with Gasteiger partial charge in [0.1, 0.15) is 16.9 Å². The van der Waals surface area contributed by atoms with Gasteiger partial charge in [-0.1, -0.05) is 30.3 Å². The number of thiophene rings is 1. The highest BCUT2D eigenvalue weighted by molar-refractivity contribution is 7.91. The number of ether oxygens (including phenoxy) is 1. The van der Waals surface area contributed by atoms with Crippen molar-refractivity contribution in [1.82, 2.24) is 10.2 Å². The van der Waals surface area contributed by atoms with Crippen LogP contribution in [0.2, 0.25) is 0 Å². The quantitative estimate of drug-likeness (QED) is 0.608. The third kappa shape index (κ3) is 5.54. The number of hydrogen-bond acceptors (Lipinski definition) is 7. The lowest BCUT2D eigenvalue weighted by Gasteiger charge is -2.23. The molecule has 1 aliphatic heterocycles. The molecule has 2 amide bonds. The maximum Gasteiger partial charge on any atom is 0.410 e. The molecule has 1 aromatic heterocycles. The predicted molar refractivity (Wildman–Crippen MR) is 105 cm³/mol. The number of aliphatic hydroxyl groups excluding tert-OH is 1. The number of rotatable bonds is 6. The number of carbonyl (C=O) groups excluding carboxylic acids is 2. The van der Waals surface area contributed by atoms with Crippen LogP contribution in [0.5, 0.6) is 0 Å². The van der Waals surface area contributed by atoms with E-state index >= 15 is 0 Å². The molecule has 1 aliphatic rings. The number of nitrogens with zero attached hydrogens (tertiary/aromatic N) is 1. The molecule has 156 valence electrons. The number of amides is 2. The van der Waals surface area contributed by atoms with Crippen molar-refractivity contribution in [3.05, 3.63) is 52.9 Å². The van der Waals surface area contributed by atoms with Crippen LogP contribution in [-0.4, -0.2) is 49.1 Å². The number of nitrogens with one attached hydrogen (secondary N) is 1. The summed E-state index contributed by atoms with van der Waals surface area (Å²) in [6.07, 6.45) is -1.41. The number of likely N-dealkylation sites (tertiary alicyclic amines) is 1. The molecular weight excluding hydrogens is 418 g/mol. The van der Waals surface area contributed by atoms with Crippen LogP contribution in [0.1, 0.15) is 16.9 Å². The summed E-state index contributed by atoms with van der Waals surface area (Å²) in [4.78, 5) is 26.7. The lowest BCUT2D eigenvalue weighted by atomic mass is 10.2. The molecule has 4 N–H and O–H groups in total. The smallest absolute Gasteiger partial charge is 0.410 e. The van der Waals surface area contributed by atoms with E-state index in [0.29, 0.717) is 4.88 Å². The van der Waals surface area contributed by atoms with E-state index in [1.807, 2.05) is 30.3 Å². The van der Waals surface area contributed by atoms with E-state index in [1.165, 1.54) is 11.0 Å². The first-order chi connectivity index (χ1) is 13.7. The van der Waals surface area contributed by atoms with Crippen molar-refractivity contribution in [2.24, 2.45) is 5.14 Å². The van der Waals surface area contributed by atoms with Crippen molar-refractivity contribution in [2.45, 2.75) is 35.9 Å². The number of primary sulfonamides is 1. The molecule has 9 nitrogen and oxygen atoms in total. The van der Waals surface area contributed by atoms with Gasteiger partial charge >= 0.3 is 6.09 Å². The van der Waals surface area contributed by atoms with Gasteiger partial charge in [-0.05, 0) is 17.7 Å². The van der Waals surface area contributed by atoms with Crippen molar-refractivity contribution in [3.8, 4) is 0 Å². The Labute approximate surface area is 172 Å². The SMILES string of the molecule is NS(=O)(=O)c1ccc(CNC(=O)[C@@H]2C[C@@H](O)CN2C(=O)OCc2ccccc2)s1. The van der Waals surface area contributed by atoms with Crippen molar-refractivity contribution in [1.29, 1.82) is 0 Å². The Morgan fingerprint density at radius 2 is 1.97 bits per heavy atom. The molecule has 2 heterocycles. The summed E-state index contributed by atoms with van der Waals surface area (Å²) in [5.74, 6) is -0.455. The second kappa shape index (κ2) is 8.91. The van der Waals surface area contributed by atoms with Gasteiger partial charge in [-0.15, -0.1) is 11.3 Å². The molecule has 0 radical (unpaired) electrons. The van der Waals surface area contributed by atoms with Gasteiger partial charge < -0.3 is 15.2 Å². The van der Waals surface area contributed by atoms with Gasteiger partial charge in [0, 0.05) is 11.3 Å². The number of hydrogen-bond donors (Lipinski definition) is 3. The Hall–Kier alpha value is -2.47. The first kappa shape index (κ1) is 21.2. The van der Waals surface area contributed by atoms with E-state index in [-0.39, 0.29) is 30.3 Å². The summed E-state index contributed by atoms with van der Waals surface area (Å²) in [7, 11) is -3.79. The number of benzene rings is 1. The largest absolute Gasteiger partial charge is 0.445 e. The molecule has 1 fully saturated rings. The Morgan fingerprint density at radius 3 is 2.62 bits per heavy atom. The van der Waals surface area contributed by atoms with Crippen LogP contribution < -0.4 is 10.5 Å². The van der Waals surface area contributed by atoms with Crippen LogP contribution in [-0.2, 0) is 32.7 Å². The van der Waals surface area contributed by atoms with Gasteiger partial charge in [0.15, 0.2) is 0 Å². The molecule has 1 saturated heterocycles. The standard InChI is InChI=1S/C18H21N3O6S2/c19-29(25,26)16-7-6-14(28-16)9-20-17(23)15-8-13(22)10-21(15)18(24)27-11-12-4-2-1-3-5-12/h1-7,13,15,22H,8-11H2,(H,20,23)(H2,19,25,26)/t13-,15+/m1/s1. The van der Waals surface area contributed by atoms with Gasteiger partial charge in [-0.3, -0.25) is 9.69 Å². The third-order valence-electron chi connectivity index (χ3n) is 4.38. The molecule has 2 atom stereocenters. The predicted octanol–water partition coefficient (Wildman–Crippen LogP) is 0.784.